The molecule has 2 N–H and O–H groups in total. The first-order valence-corrected chi connectivity index (χ1v) is 6.88. The molecular weight excluding hydrogens is 276 g/mol. The second kappa shape index (κ2) is 6.10. The smallest absolute Gasteiger partial charge is 0.314 e. The molecule has 1 heterocycles. The van der Waals surface area contributed by atoms with Crippen LogP contribution in [-0.4, -0.2) is 9.97 Å². The highest BCUT2D eigenvalue weighted by Crippen LogP contribution is 2.21. The van der Waals surface area contributed by atoms with Crippen LogP contribution in [0, 0.1) is 0 Å². The Morgan fingerprint density at radius 1 is 0.636 bits per heavy atom. The Morgan fingerprint density at radius 2 is 1.09 bits per heavy atom. The van der Waals surface area contributed by atoms with Crippen molar-refractivity contribution in [1.29, 1.82) is 0 Å². The van der Waals surface area contributed by atoms with Crippen LogP contribution in [0.5, 0.6) is 0 Å². The van der Waals surface area contributed by atoms with E-state index in [1.807, 2.05) is 4.98 Å². The fourth-order valence-corrected chi connectivity index (χ4v) is 2.27. The molecule has 108 valence electrons. The number of aromatic nitrogens is 2. The Hall–Kier alpha value is -3.14. The van der Waals surface area contributed by atoms with E-state index in [-0.39, 0.29) is 5.56 Å². The van der Waals surface area contributed by atoms with Crippen LogP contribution >= 0.6 is 0 Å². The van der Waals surface area contributed by atoms with Crippen LogP contribution < -0.4 is 11.2 Å². The van der Waals surface area contributed by atoms with Crippen molar-refractivity contribution in [3.63, 3.8) is 0 Å². The third-order valence-electron chi connectivity index (χ3n) is 3.30. The number of hydrogen-bond acceptors (Lipinski definition) is 2. The molecule has 0 fully saturated rings. The summed E-state index contributed by atoms with van der Waals surface area (Å²) in [7, 11) is 0. The van der Waals surface area contributed by atoms with E-state index in [0.717, 1.165) is 0 Å². The predicted molar refractivity (Wildman–Crippen MR) is 89.1 cm³/mol. The average molecular weight is 290 g/mol. The zero-order valence-electron chi connectivity index (χ0n) is 11.7. The van der Waals surface area contributed by atoms with E-state index in [4.69, 9.17) is 0 Å². The van der Waals surface area contributed by atoms with E-state index in [0.29, 0.717) is 0 Å². The second-order valence-electron chi connectivity index (χ2n) is 4.84. The van der Waals surface area contributed by atoms with Gasteiger partial charge in [-0.15, -0.1) is 0 Å². The summed E-state index contributed by atoms with van der Waals surface area (Å²) in [6.07, 6.45) is 1.29. The Bertz CT molecular complexity index is 901. The van der Waals surface area contributed by atoms with Crippen LogP contribution in [0.1, 0.15) is 0 Å². The maximum Gasteiger partial charge on any atom is 0.325 e. The summed E-state index contributed by atoms with van der Waals surface area (Å²) in [5.41, 5.74) is -0.855. The first-order chi connectivity index (χ1) is 10.7. The maximum atomic E-state index is 10.2. The molecule has 4 rings (SSSR count). The SMILES string of the molecule is O=c1cc[nH]c(=O)[nH]1.c1ccc2cc3ccccc3cc2c1. The Balaban J connectivity index is 0.000000154. The molecule has 0 aliphatic rings. The molecule has 0 bridgehead atoms. The number of aromatic amines is 2. The summed E-state index contributed by atoms with van der Waals surface area (Å²) in [6.45, 7) is 0. The van der Waals surface area contributed by atoms with Gasteiger partial charge in [0, 0.05) is 12.3 Å². The van der Waals surface area contributed by atoms with E-state index in [2.05, 4.69) is 65.6 Å². The third-order valence-corrected chi connectivity index (χ3v) is 3.30. The van der Waals surface area contributed by atoms with Gasteiger partial charge in [0.05, 0.1) is 0 Å². The topological polar surface area (TPSA) is 65.7 Å². The molecule has 0 saturated carbocycles. The molecule has 0 aliphatic heterocycles. The van der Waals surface area contributed by atoms with Crippen LogP contribution in [0.15, 0.2) is 82.5 Å². The molecule has 3 aromatic carbocycles. The van der Waals surface area contributed by atoms with E-state index >= 15 is 0 Å². The quantitative estimate of drug-likeness (QED) is 0.489. The number of hydrogen-bond donors (Lipinski definition) is 2. The normalized spacial score (nSPS) is 10.2. The van der Waals surface area contributed by atoms with E-state index in [9.17, 15) is 9.59 Å². The molecule has 4 heteroatoms. The molecule has 0 unspecified atom stereocenters. The summed E-state index contributed by atoms with van der Waals surface area (Å²) in [5, 5.41) is 5.25. The molecule has 4 aromatic rings. The van der Waals surface area contributed by atoms with E-state index in [1.165, 1.54) is 33.8 Å². The monoisotopic (exact) mass is 290 g/mol. The first kappa shape index (κ1) is 13.8. The van der Waals surface area contributed by atoms with Gasteiger partial charge in [-0.2, -0.15) is 0 Å². The predicted octanol–water partition coefficient (Wildman–Crippen LogP) is 3.06. The van der Waals surface area contributed by atoms with E-state index in [1.54, 1.807) is 0 Å². The summed E-state index contributed by atoms with van der Waals surface area (Å²) in [6, 6.07) is 22.7. The third kappa shape index (κ3) is 3.12. The van der Waals surface area contributed by atoms with Gasteiger partial charge in [0.25, 0.3) is 5.56 Å². The minimum Gasteiger partial charge on any atom is -0.314 e. The minimum absolute atomic E-state index is 0.381. The molecule has 22 heavy (non-hydrogen) atoms. The minimum atomic E-state index is -0.475. The number of rotatable bonds is 0. The van der Waals surface area contributed by atoms with Gasteiger partial charge < -0.3 is 4.98 Å². The maximum absolute atomic E-state index is 10.2. The number of nitrogens with one attached hydrogen (secondary N) is 2. The summed E-state index contributed by atoms with van der Waals surface area (Å²) < 4.78 is 0. The van der Waals surface area contributed by atoms with Gasteiger partial charge in [-0.3, -0.25) is 9.78 Å². The first-order valence-electron chi connectivity index (χ1n) is 6.88. The van der Waals surface area contributed by atoms with Crippen LogP contribution in [0.25, 0.3) is 21.5 Å². The highest BCUT2D eigenvalue weighted by molar-refractivity contribution is 5.98. The Kier molecular flexibility index (Phi) is 3.83. The van der Waals surface area contributed by atoms with Crippen molar-refractivity contribution < 1.29 is 0 Å². The fraction of sp³-hybridized carbons (Fsp3) is 0. The molecular formula is C18H14N2O2. The van der Waals surface area contributed by atoms with Gasteiger partial charge in [0.15, 0.2) is 0 Å². The lowest BCUT2D eigenvalue weighted by Crippen LogP contribution is -2.19. The largest absolute Gasteiger partial charge is 0.325 e. The lowest BCUT2D eigenvalue weighted by Gasteiger charge is -2.00. The summed E-state index contributed by atoms with van der Waals surface area (Å²) in [4.78, 5) is 24.7. The molecule has 0 amide bonds. The summed E-state index contributed by atoms with van der Waals surface area (Å²) >= 11 is 0. The van der Waals surface area contributed by atoms with Gasteiger partial charge in [0.1, 0.15) is 0 Å². The lowest BCUT2D eigenvalue weighted by molar-refractivity contribution is 1.04. The molecule has 0 saturated heterocycles. The van der Waals surface area contributed by atoms with Crippen molar-refractivity contribution in [2.24, 2.45) is 0 Å². The van der Waals surface area contributed by atoms with Gasteiger partial charge in [-0.1, -0.05) is 48.5 Å². The van der Waals surface area contributed by atoms with Crippen LogP contribution in [0.2, 0.25) is 0 Å². The molecule has 4 nitrogen and oxygen atoms in total. The summed E-state index contributed by atoms with van der Waals surface area (Å²) in [5.74, 6) is 0. The lowest BCUT2D eigenvalue weighted by atomic mass is 10.0. The van der Waals surface area contributed by atoms with Gasteiger partial charge >= 0.3 is 5.69 Å². The molecule has 0 spiro atoms. The zero-order valence-corrected chi connectivity index (χ0v) is 11.7. The van der Waals surface area contributed by atoms with Crippen LogP contribution in [-0.2, 0) is 0 Å². The van der Waals surface area contributed by atoms with Crippen LogP contribution in [0.3, 0.4) is 0 Å². The molecule has 0 atom stereocenters. The second-order valence-corrected chi connectivity index (χ2v) is 4.84. The Morgan fingerprint density at radius 3 is 1.41 bits per heavy atom. The van der Waals surface area contributed by atoms with Crippen molar-refractivity contribution in [2.75, 3.05) is 0 Å². The average Bonchev–Trinajstić information content (AvgIpc) is 2.53. The fourth-order valence-electron chi connectivity index (χ4n) is 2.27. The van der Waals surface area contributed by atoms with Gasteiger partial charge in [-0.05, 0) is 33.7 Å². The number of H-pyrrole nitrogens is 2. The molecule has 0 radical (unpaired) electrons. The van der Waals surface area contributed by atoms with Crippen molar-refractivity contribution in [2.45, 2.75) is 0 Å². The highest BCUT2D eigenvalue weighted by Gasteiger charge is 1.95. The van der Waals surface area contributed by atoms with Crippen molar-refractivity contribution in [3.8, 4) is 0 Å². The standard InChI is InChI=1S/C14H10.C4H4N2O2/c1-2-6-12-10-14-8-4-3-7-13(14)9-11(12)5-1;7-3-1-2-5-4(8)6-3/h1-10H;1-2H,(H2,5,6,7,8). The Labute approximate surface area is 126 Å². The zero-order chi connectivity index (χ0) is 15.4. The van der Waals surface area contributed by atoms with Crippen molar-refractivity contribution in [1.82, 2.24) is 9.97 Å². The molecule has 1 aromatic heterocycles. The van der Waals surface area contributed by atoms with Crippen molar-refractivity contribution >= 4 is 21.5 Å². The van der Waals surface area contributed by atoms with E-state index < -0.39 is 5.69 Å². The number of benzene rings is 3. The molecule has 0 aliphatic carbocycles. The van der Waals surface area contributed by atoms with Gasteiger partial charge in [0.2, 0.25) is 0 Å². The highest BCUT2D eigenvalue weighted by atomic mass is 16.2. The number of fused-ring (bicyclic) bond motifs is 2. The van der Waals surface area contributed by atoms with Crippen LogP contribution in [0.4, 0.5) is 0 Å². The van der Waals surface area contributed by atoms with Crippen molar-refractivity contribution in [3.05, 3.63) is 93.8 Å². The van der Waals surface area contributed by atoms with Gasteiger partial charge in [-0.25, -0.2) is 4.79 Å².